The highest BCUT2D eigenvalue weighted by atomic mass is 79.9. The summed E-state index contributed by atoms with van der Waals surface area (Å²) in [6, 6.07) is 21.2. The molecule has 166 valence electrons. The number of amides is 2. The van der Waals surface area contributed by atoms with Gasteiger partial charge in [0.05, 0.1) is 13.2 Å². The van der Waals surface area contributed by atoms with Gasteiger partial charge in [0.1, 0.15) is 11.3 Å². The van der Waals surface area contributed by atoms with Gasteiger partial charge in [0.25, 0.3) is 0 Å². The molecule has 0 saturated heterocycles. The summed E-state index contributed by atoms with van der Waals surface area (Å²) in [5.41, 5.74) is 2.85. The van der Waals surface area contributed by atoms with E-state index in [1.807, 2.05) is 42.5 Å². The van der Waals surface area contributed by atoms with Crippen molar-refractivity contribution in [3.05, 3.63) is 88.6 Å². The molecule has 0 aliphatic carbocycles. The number of halogens is 1. The number of nitrogens with one attached hydrogen (secondary N) is 1. The van der Waals surface area contributed by atoms with Crippen LogP contribution in [-0.4, -0.2) is 29.0 Å². The third-order valence-electron chi connectivity index (χ3n) is 5.51. The molecule has 2 heterocycles. The number of phenols is 1. The van der Waals surface area contributed by atoms with Gasteiger partial charge in [0.15, 0.2) is 17.3 Å². The van der Waals surface area contributed by atoms with E-state index in [1.54, 1.807) is 30.3 Å². The van der Waals surface area contributed by atoms with Crippen LogP contribution < -0.4 is 10.1 Å². The number of furan rings is 1. The molecule has 5 rings (SSSR count). The summed E-state index contributed by atoms with van der Waals surface area (Å²) < 4.78 is 12.2. The number of rotatable bonds is 4. The summed E-state index contributed by atoms with van der Waals surface area (Å²) in [6.07, 6.45) is 0.446. The Kier molecular flexibility index (Phi) is 5.51. The molecule has 2 N–H and O–H groups in total. The number of carbonyl (C=O) groups is 1. The minimum Gasteiger partial charge on any atom is -0.504 e. The predicted molar refractivity (Wildman–Crippen MR) is 130 cm³/mol. The number of anilines is 1. The molecule has 0 bridgehead atoms. The van der Waals surface area contributed by atoms with E-state index in [9.17, 15) is 9.90 Å². The molecule has 0 fully saturated rings. The van der Waals surface area contributed by atoms with E-state index >= 15 is 0 Å². The number of hydrogen-bond acceptors (Lipinski definition) is 5. The Labute approximate surface area is 198 Å². The largest absolute Gasteiger partial charge is 0.504 e. The summed E-state index contributed by atoms with van der Waals surface area (Å²) in [6.45, 7) is 0. The third kappa shape index (κ3) is 4.17. The van der Waals surface area contributed by atoms with Crippen molar-refractivity contribution in [2.45, 2.75) is 12.5 Å². The molecule has 4 aromatic rings. The molecule has 1 atom stereocenters. The number of methoxy groups -OCH3 is 1. The fourth-order valence-corrected chi connectivity index (χ4v) is 4.11. The number of aromatic hydroxyl groups is 1. The van der Waals surface area contributed by atoms with Gasteiger partial charge >= 0.3 is 6.03 Å². The summed E-state index contributed by atoms with van der Waals surface area (Å²) in [4.78, 5) is 13.2. The number of phenolic OH excluding ortho intramolecular Hbond substituents is 1. The van der Waals surface area contributed by atoms with Gasteiger partial charge in [0.2, 0.25) is 0 Å². The molecule has 0 saturated carbocycles. The van der Waals surface area contributed by atoms with Gasteiger partial charge < -0.3 is 19.6 Å². The lowest BCUT2D eigenvalue weighted by molar-refractivity contribution is 0.200. The van der Waals surface area contributed by atoms with Crippen LogP contribution in [-0.2, 0) is 0 Å². The van der Waals surface area contributed by atoms with Crippen molar-refractivity contribution in [3.63, 3.8) is 0 Å². The minimum atomic E-state index is -0.404. The van der Waals surface area contributed by atoms with E-state index in [0.717, 1.165) is 21.0 Å². The van der Waals surface area contributed by atoms with Gasteiger partial charge in [0, 0.05) is 22.0 Å². The first kappa shape index (κ1) is 21.1. The Hall–Kier alpha value is -3.78. The molecule has 1 unspecified atom stereocenters. The topological polar surface area (TPSA) is 87.3 Å². The average Bonchev–Trinajstić information content (AvgIpc) is 3.45. The van der Waals surface area contributed by atoms with Crippen molar-refractivity contribution in [1.82, 2.24) is 5.01 Å². The highest BCUT2D eigenvalue weighted by Gasteiger charge is 2.35. The minimum absolute atomic E-state index is 0.0311. The average molecular weight is 506 g/mol. The molecule has 1 aliphatic heterocycles. The number of carbonyl (C=O) groups excluding carboxylic acids is 1. The first-order chi connectivity index (χ1) is 16.0. The maximum absolute atomic E-state index is 13.2. The fraction of sp³-hybridized carbons (Fsp3) is 0.120. The maximum Gasteiger partial charge on any atom is 0.342 e. The van der Waals surface area contributed by atoms with E-state index in [0.29, 0.717) is 29.3 Å². The number of nitrogens with zero attached hydrogens (tertiary/aromatic N) is 2. The number of hydrogen-bond donors (Lipinski definition) is 2. The zero-order chi connectivity index (χ0) is 22.9. The maximum atomic E-state index is 13.2. The van der Waals surface area contributed by atoms with Crippen LogP contribution >= 0.6 is 15.9 Å². The van der Waals surface area contributed by atoms with Crippen molar-refractivity contribution in [2.24, 2.45) is 5.10 Å². The highest BCUT2D eigenvalue weighted by Crippen LogP contribution is 2.38. The standard InChI is InChI=1S/C25H20BrN3O4/c1-32-24-12-15(6-11-21(24)30)20-14-19(23-13-16-4-2-3-5-22(16)33-23)28-29(20)25(31)27-18-9-7-17(26)8-10-18/h2-13,20,30H,14H2,1H3,(H,27,31). The second-order valence-electron chi connectivity index (χ2n) is 7.63. The number of hydrazone groups is 1. The third-order valence-corrected chi connectivity index (χ3v) is 6.04. The summed E-state index contributed by atoms with van der Waals surface area (Å²) >= 11 is 3.40. The van der Waals surface area contributed by atoms with Crippen LogP contribution in [0, 0.1) is 0 Å². The zero-order valence-corrected chi connectivity index (χ0v) is 19.2. The number of para-hydroxylation sites is 1. The number of ether oxygens (including phenoxy) is 1. The first-order valence-electron chi connectivity index (χ1n) is 10.3. The van der Waals surface area contributed by atoms with E-state index in [1.165, 1.54) is 12.1 Å². The van der Waals surface area contributed by atoms with Gasteiger partial charge in [-0.05, 0) is 54.1 Å². The molecule has 0 spiro atoms. The number of benzene rings is 3. The van der Waals surface area contributed by atoms with Crippen LogP contribution in [0.1, 0.15) is 23.8 Å². The van der Waals surface area contributed by atoms with Gasteiger partial charge in [-0.3, -0.25) is 0 Å². The molecular formula is C25H20BrN3O4. The molecule has 33 heavy (non-hydrogen) atoms. The van der Waals surface area contributed by atoms with Crippen LogP contribution in [0.5, 0.6) is 11.5 Å². The summed E-state index contributed by atoms with van der Waals surface area (Å²) in [5.74, 6) is 0.979. The zero-order valence-electron chi connectivity index (χ0n) is 17.7. The van der Waals surface area contributed by atoms with Crippen LogP contribution in [0.4, 0.5) is 10.5 Å². The monoisotopic (exact) mass is 505 g/mol. The molecule has 1 aromatic heterocycles. The lowest BCUT2D eigenvalue weighted by Crippen LogP contribution is -2.31. The van der Waals surface area contributed by atoms with Gasteiger partial charge in [-0.25, -0.2) is 9.80 Å². The van der Waals surface area contributed by atoms with E-state index in [-0.39, 0.29) is 11.8 Å². The second kappa shape index (κ2) is 8.63. The molecule has 3 aromatic carbocycles. The molecule has 2 amide bonds. The Morgan fingerprint density at radius 1 is 1.15 bits per heavy atom. The smallest absolute Gasteiger partial charge is 0.342 e. The van der Waals surface area contributed by atoms with Crippen molar-refractivity contribution < 1.29 is 19.1 Å². The predicted octanol–water partition coefficient (Wildman–Crippen LogP) is 6.29. The lowest BCUT2D eigenvalue weighted by atomic mass is 10.0. The Balaban J connectivity index is 1.51. The Morgan fingerprint density at radius 3 is 2.70 bits per heavy atom. The van der Waals surface area contributed by atoms with E-state index < -0.39 is 6.04 Å². The lowest BCUT2D eigenvalue weighted by Gasteiger charge is -2.23. The summed E-state index contributed by atoms with van der Waals surface area (Å²) in [5, 5.41) is 19.9. The van der Waals surface area contributed by atoms with Crippen molar-refractivity contribution in [2.75, 3.05) is 12.4 Å². The van der Waals surface area contributed by atoms with Crippen LogP contribution in [0.15, 0.2) is 86.8 Å². The quantitative estimate of drug-likeness (QED) is 0.341. The van der Waals surface area contributed by atoms with Crippen LogP contribution in [0.3, 0.4) is 0 Å². The van der Waals surface area contributed by atoms with Gasteiger partial charge in [-0.15, -0.1) is 0 Å². The molecular weight excluding hydrogens is 486 g/mol. The molecule has 7 nitrogen and oxygen atoms in total. The van der Waals surface area contributed by atoms with Gasteiger partial charge in [-0.1, -0.05) is 40.2 Å². The fourth-order valence-electron chi connectivity index (χ4n) is 3.85. The number of urea groups is 1. The molecule has 8 heteroatoms. The number of fused-ring (bicyclic) bond motifs is 1. The van der Waals surface area contributed by atoms with Crippen molar-refractivity contribution in [1.29, 1.82) is 0 Å². The molecule has 0 radical (unpaired) electrons. The second-order valence-corrected chi connectivity index (χ2v) is 8.54. The molecule has 1 aliphatic rings. The van der Waals surface area contributed by atoms with Crippen LogP contribution in [0.2, 0.25) is 0 Å². The van der Waals surface area contributed by atoms with E-state index in [4.69, 9.17) is 9.15 Å². The van der Waals surface area contributed by atoms with Crippen molar-refractivity contribution >= 4 is 44.3 Å². The van der Waals surface area contributed by atoms with Crippen molar-refractivity contribution in [3.8, 4) is 11.5 Å². The van der Waals surface area contributed by atoms with Crippen LogP contribution in [0.25, 0.3) is 11.0 Å². The first-order valence-corrected chi connectivity index (χ1v) is 11.1. The summed E-state index contributed by atoms with van der Waals surface area (Å²) in [7, 11) is 1.49. The Bertz CT molecular complexity index is 1330. The normalized spacial score (nSPS) is 15.5. The van der Waals surface area contributed by atoms with Gasteiger partial charge in [-0.2, -0.15) is 5.10 Å². The van der Waals surface area contributed by atoms with E-state index in [2.05, 4.69) is 26.3 Å². The Morgan fingerprint density at radius 2 is 1.94 bits per heavy atom. The SMILES string of the molecule is COc1cc(C2CC(c3cc4ccccc4o3)=NN2C(=O)Nc2ccc(Br)cc2)ccc1O. The highest BCUT2D eigenvalue weighted by molar-refractivity contribution is 9.10.